The first-order chi connectivity index (χ1) is 9.83. The van der Waals surface area contributed by atoms with Crippen molar-refractivity contribution in [1.82, 2.24) is 14.9 Å². The van der Waals surface area contributed by atoms with Crippen molar-refractivity contribution in [3.8, 4) is 5.69 Å². The van der Waals surface area contributed by atoms with Crippen molar-refractivity contribution in [3.63, 3.8) is 0 Å². The van der Waals surface area contributed by atoms with E-state index < -0.39 is 0 Å². The molecule has 1 aromatic carbocycles. The molecule has 0 amide bonds. The molecule has 0 spiro atoms. The van der Waals surface area contributed by atoms with Crippen LogP contribution in [0.4, 0.5) is 0 Å². The van der Waals surface area contributed by atoms with E-state index in [1.165, 1.54) is 10.4 Å². The molecule has 0 fully saturated rings. The smallest absolute Gasteiger partial charge is 0.0991 e. The predicted molar refractivity (Wildman–Crippen MR) is 83.1 cm³/mol. The lowest BCUT2D eigenvalue weighted by molar-refractivity contribution is 0.583. The molecule has 0 radical (unpaired) electrons. The zero-order valence-electron chi connectivity index (χ0n) is 11.4. The summed E-state index contributed by atoms with van der Waals surface area (Å²) in [6.07, 6.45) is 5.55. The zero-order chi connectivity index (χ0) is 13.8. The summed E-state index contributed by atoms with van der Waals surface area (Å²) in [5.41, 5.74) is 2.43. The van der Waals surface area contributed by atoms with Gasteiger partial charge in [0.25, 0.3) is 0 Å². The Kier molecular flexibility index (Phi) is 3.95. The number of aromatic nitrogens is 2. The second kappa shape index (κ2) is 6.03. The fourth-order valence-corrected chi connectivity index (χ4v) is 2.87. The van der Waals surface area contributed by atoms with Crippen LogP contribution in [0.3, 0.4) is 0 Å². The molecule has 0 unspecified atom stereocenters. The summed E-state index contributed by atoms with van der Waals surface area (Å²) >= 11 is 1.79. The normalized spacial score (nSPS) is 12.4. The van der Waals surface area contributed by atoms with E-state index in [1.807, 2.05) is 17.1 Å². The van der Waals surface area contributed by atoms with Crippen LogP contribution in [-0.4, -0.2) is 9.55 Å². The van der Waals surface area contributed by atoms with Crippen LogP contribution in [0.15, 0.2) is 60.5 Å². The highest BCUT2D eigenvalue weighted by Gasteiger charge is 2.05. The molecule has 1 N–H and O–H groups in total. The van der Waals surface area contributed by atoms with E-state index in [1.54, 1.807) is 17.5 Å². The predicted octanol–water partition coefficient (Wildman–Crippen LogP) is 3.78. The Morgan fingerprint density at radius 3 is 2.75 bits per heavy atom. The van der Waals surface area contributed by atoms with E-state index in [-0.39, 0.29) is 0 Å². The number of hydrogen-bond acceptors (Lipinski definition) is 3. The highest BCUT2D eigenvalue weighted by atomic mass is 32.1. The number of imidazole rings is 1. The average molecular weight is 283 g/mol. The van der Waals surface area contributed by atoms with Gasteiger partial charge in [0, 0.05) is 35.5 Å². The van der Waals surface area contributed by atoms with Crippen LogP contribution in [-0.2, 0) is 6.54 Å². The van der Waals surface area contributed by atoms with Crippen LogP contribution in [0.25, 0.3) is 5.69 Å². The summed E-state index contributed by atoms with van der Waals surface area (Å²) in [6.45, 7) is 3.08. The van der Waals surface area contributed by atoms with Gasteiger partial charge >= 0.3 is 0 Å². The van der Waals surface area contributed by atoms with E-state index in [4.69, 9.17) is 0 Å². The molecule has 1 atom stereocenters. The fourth-order valence-electron chi connectivity index (χ4n) is 2.11. The Bertz CT molecular complexity index is 627. The quantitative estimate of drug-likeness (QED) is 0.772. The molecule has 0 aliphatic carbocycles. The summed E-state index contributed by atoms with van der Waals surface area (Å²) < 4.78 is 2.01. The molecule has 0 saturated heterocycles. The minimum Gasteiger partial charge on any atom is -0.306 e. The average Bonchev–Trinajstić information content (AvgIpc) is 3.18. The van der Waals surface area contributed by atoms with Crippen LogP contribution in [0, 0.1) is 0 Å². The summed E-state index contributed by atoms with van der Waals surface area (Å²) in [7, 11) is 0. The maximum absolute atomic E-state index is 4.06. The molecule has 102 valence electrons. The molecule has 3 aromatic rings. The second-order valence-electron chi connectivity index (χ2n) is 4.75. The van der Waals surface area contributed by atoms with E-state index >= 15 is 0 Å². The van der Waals surface area contributed by atoms with Gasteiger partial charge in [-0.2, -0.15) is 0 Å². The Morgan fingerprint density at radius 2 is 2.10 bits per heavy atom. The van der Waals surface area contributed by atoms with Gasteiger partial charge in [-0.3, -0.25) is 0 Å². The van der Waals surface area contributed by atoms with Crippen LogP contribution in [0.1, 0.15) is 23.4 Å². The highest BCUT2D eigenvalue weighted by Crippen LogP contribution is 2.18. The largest absolute Gasteiger partial charge is 0.306 e. The van der Waals surface area contributed by atoms with E-state index in [0.29, 0.717) is 6.04 Å². The van der Waals surface area contributed by atoms with Gasteiger partial charge in [-0.05, 0) is 36.1 Å². The first-order valence-electron chi connectivity index (χ1n) is 6.67. The van der Waals surface area contributed by atoms with E-state index in [0.717, 1.165) is 12.2 Å². The van der Waals surface area contributed by atoms with Gasteiger partial charge in [-0.1, -0.05) is 18.2 Å². The van der Waals surface area contributed by atoms with Crippen molar-refractivity contribution >= 4 is 11.3 Å². The standard InChI is InChI=1S/C16H17N3S/c1-13(16-3-2-10-20-16)18-11-14-4-6-15(7-5-14)19-9-8-17-12-19/h2-10,12-13,18H,11H2,1H3/t13-/m0/s1. The number of rotatable bonds is 5. The van der Waals surface area contributed by atoms with Crippen LogP contribution in [0.5, 0.6) is 0 Å². The van der Waals surface area contributed by atoms with Gasteiger partial charge in [0.15, 0.2) is 0 Å². The lowest BCUT2D eigenvalue weighted by Gasteiger charge is -2.12. The minimum atomic E-state index is 0.392. The number of benzene rings is 1. The maximum Gasteiger partial charge on any atom is 0.0991 e. The first kappa shape index (κ1) is 13.1. The van der Waals surface area contributed by atoms with E-state index in [2.05, 4.69) is 59.0 Å². The molecular formula is C16H17N3S. The molecule has 3 rings (SSSR count). The van der Waals surface area contributed by atoms with Crippen molar-refractivity contribution in [2.75, 3.05) is 0 Å². The lowest BCUT2D eigenvalue weighted by Crippen LogP contribution is -2.17. The SMILES string of the molecule is C[C@H](NCc1ccc(-n2ccnc2)cc1)c1cccs1. The topological polar surface area (TPSA) is 29.9 Å². The van der Waals surface area contributed by atoms with Gasteiger partial charge in [-0.15, -0.1) is 11.3 Å². The molecule has 2 aromatic heterocycles. The maximum atomic E-state index is 4.06. The molecule has 0 aliphatic rings. The molecule has 4 heteroatoms. The van der Waals surface area contributed by atoms with Gasteiger partial charge in [-0.25, -0.2) is 4.98 Å². The minimum absolute atomic E-state index is 0.392. The van der Waals surface area contributed by atoms with Crippen molar-refractivity contribution < 1.29 is 0 Å². The van der Waals surface area contributed by atoms with Crippen molar-refractivity contribution in [1.29, 1.82) is 0 Å². The number of thiophene rings is 1. The molecule has 0 saturated carbocycles. The highest BCUT2D eigenvalue weighted by molar-refractivity contribution is 7.10. The molecule has 3 nitrogen and oxygen atoms in total. The number of nitrogens with zero attached hydrogens (tertiary/aromatic N) is 2. The molecule has 20 heavy (non-hydrogen) atoms. The third-order valence-electron chi connectivity index (χ3n) is 3.32. The lowest BCUT2D eigenvalue weighted by atomic mass is 10.2. The summed E-state index contributed by atoms with van der Waals surface area (Å²) in [4.78, 5) is 5.44. The summed E-state index contributed by atoms with van der Waals surface area (Å²) in [5.74, 6) is 0. The van der Waals surface area contributed by atoms with Gasteiger partial charge in [0.2, 0.25) is 0 Å². The molecular weight excluding hydrogens is 266 g/mol. The molecule has 2 heterocycles. The summed E-state index contributed by atoms with van der Waals surface area (Å²) in [6, 6.07) is 13.2. The van der Waals surface area contributed by atoms with Gasteiger partial charge in [0.05, 0.1) is 6.33 Å². The summed E-state index contributed by atoms with van der Waals surface area (Å²) in [5, 5.41) is 5.67. The second-order valence-corrected chi connectivity index (χ2v) is 5.73. The number of hydrogen-bond donors (Lipinski definition) is 1. The van der Waals surface area contributed by atoms with Crippen molar-refractivity contribution in [2.45, 2.75) is 19.5 Å². The molecule has 0 aliphatic heterocycles. The van der Waals surface area contributed by atoms with Crippen LogP contribution in [0.2, 0.25) is 0 Å². The Morgan fingerprint density at radius 1 is 1.25 bits per heavy atom. The molecule has 0 bridgehead atoms. The zero-order valence-corrected chi connectivity index (χ0v) is 12.2. The third-order valence-corrected chi connectivity index (χ3v) is 4.38. The van der Waals surface area contributed by atoms with E-state index in [9.17, 15) is 0 Å². The van der Waals surface area contributed by atoms with Crippen LogP contribution >= 0.6 is 11.3 Å². The van der Waals surface area contributed by atoms with Crippen molar-refractivity contribution in [3.05, 3.63) is 70.9 Å². The fraction of sp³-hybridized carbons (Fsp3) is 0.188. The van der Waals surface area contributed by atoms with Gasteiger partial charge < -0.3 is 9.88 Å². The first-order valence-corrected chi connectivity index (χ1v) is 7.55. The van der Waals surface area contributed by atoms with Crippen LogP contribution < -0.4 is 5.32 Å². The third kappa shape index (κ3) is 2.98. The monoisotopic (exact) mass is 283 g/mol. The Balaban J connectivity index is 1.61. The Labute approximate surface area is 122 Å². The number of nitrogens with one attached hydrogen (secondary N) is 1. The van der Waals surface area contributed by atoms with Crippen molar-refractivity contribution in [2.24, 2.45) is 0 Å². The van der Waals surface area contributed by atoms with Gasteiger partial charge in [0.1, 0.15) is 0 Å². The Hall–Kier alpha value is -1.91.